The monoisotopic (exact) mass is 277 g/mol. The molecule has 108 valence electrons. The first kappa shape index (κ1) is 15.9. The highest BCUT2D eigenvalue weighted by molar-refractivity contribution is 7.86. The number of nitrogens with zero attached hydrogens (tertiary/aromatic N) is 2. The van der Waals surface area contributed by atoms with E-state index >= 15 is 0 Å². The van der Waals surface area contributed by atoms with Gasteiger partial charge in [-0.05, 0) is 38.8 Å². The van der Waals surface area contributed by atoms with Crippen LogP contribution < -0.4 is 5.32 Å². The fraction of sp³-hybridized carbons (Fsp3) is 1.00. The zero-order valence-corrected chi connectivity index (χ0v) is 12.7. The molecule has 1 atom stereocenters. The Labute approximate surface area is 112 Å². The summed E-state index contributed by atoms with van der Waals surface area (Å²) in [6.45, 7) is 4.58. The maximum Gasteiger partial charge on any atom is 0.281 e. The number of hydrogen-bond acceptors (Lipinski definition) is 3. The van der Waals surface area contributed by atoms with Crippen molar-refractivity contribution in [3.05, 3.63) is 0 Å². The minimum Gasteiger partial charge on any atom is -0.317 e. The lowest BCUT2D eigenvalue weighted by atomic mass is 10.1. The predicted octanol–water partition coefficient (Wildman–Crippen LogP) is 1.04. The molecule has 0 bridgehead atoms. The maximum absolute atomic E-state index is 12.4. The molecule has 0 saturated carbocycles. The van der Waals surface area contributed by atoms with Crippen molar-refractivity contribution in [2.75, 3.05) is 33.7 Å². The van der Waals surface area contributed by atoms with Crippen molar-refractivity contribution in [2.24, 2.45) is 0 Å². The molecule has 18 heavy (non-hydrogen) atoms. The molecule has 1 aliphatic rings. The first-order chi connectivity index (χ1) is 8.50. The van der Waals surface area contributed by atoms with Gasteiger partial charge in [-0.25, -0.2) is 0 Å². The minimum absolute atomic E-state index is 0.133. The Hall–Kier alpha value is -0.170. The van der Waals surface area contributed by atoms with E-state index in [9.17, 15) is 8.42 Å². The van der Waals surface area contributed by atoms with Gasteiger partial charge in [0.25, 0.3) is 10.2 Å². The molecule has 1 N–H and O–H groups in total. The zero-order valence-electron chi connectivity index (χ0n) is 11.9. The van der Waals surface area contributed by atoms with E-state index in [1.165, 1.54) is 4.31 Å². The summed E-state index contributed by atoms with van der Waals surface area (Å²) in [7, 11) is 0.105. The first-order valence-corrected chi connectivity index (χ1v) is 8.30. The van der Waals surface area contributed by atoms with Gasteiger partial charge in [0.1, 0.15) is 0 Å². The molecular weight excluding hydrogens is 250 g/mol. The largest absolute Gasteiger partial charge is 0.317 e. The van der Waals surface area contributed by atoms with E-state index in [0.29, 0.717) is 6.54 Å². The van der Waals surface area contributed by atoms with Gasteiger partial charge < -0.3 is 5.32 Å². The topological polar surface area (TPSA) is 52.7 Å². The van der Waals surface area contributed by atoms with E-state index in [0.717, 1.165) is 45.2 Å². The van der Waals surface area contributed by atoms with Crippen LogP contribution in [0.1, 0.15) is 39.0 Å². The normalized spacial score (nSPS) is 22.4. The van der Waals surface area contributed by atoms with Crippen molar-refractivity contribution in [1.29, 1.82) is 0 Å². The highest BCUT2D eigenvalue weighted by Gasteiger charge is 2.29. The van der Waals surface area contributed by atoms with E-state index in [-0.39, 0.29) is 6.04 Å². The van der Waals surface area contributed by atoms with Crippen molar-refractivity contribution in [2.45, 2.75) is 45.1 Å². The summed E-state index contributed by atoms with van der Waals surface area (Å²) >= 11 is 0. The van der Waals surface area contributed by atoms with Gasteiger partial charge in [-0.2, -0.15) is 17.0 Å². The van der Waals surface area contributed by atoms with Gasteiger partial charge in [-0.3, -0.25) is 0 Å². The standard InChI is InChI=1S/C12H27N3O2S/c1-4-5-11-14(2)18(16,17)15(3)12-7-6-9-13-10-8-12/h12-13H,4-11H2,1-3H3. The van der Waals surface area contributed by atoms with Gasteiger partial charge in [0.2, 0.25) is 0 Å². The average molecular weight is 277 g/mol. The molecule has 1 rings (SSSR count). The Kier molecular flexibility index (Phi) is 6.55. The number of hydrogen-bond donors (Lipinski definition) is 1. The van der Waals surface area contributed by atoms with Crippen LogP contribution in [-0.4, -0.2) is 56.8 Å². The fourth-order valence-corrected chi connectivity index (χ4v) is 3.66. The second-order valence-electron chi connectivity index (χ2n) is 5.03. The van der Waals surface area contributed by atoms with Gasteiger partial charge in [0.15, 0.2) is 0 Å². The molecule has 6 heteroatoms. The molecule has 1 saturated heterocycles. The molecule has 0 radical (unpaired) electrons. The average Bonchev–Trinajstić information content (AvgIpc) is 2.63. The van der Waals surface area contributed by atoms with Crippen LogP contribution >= 0.6 is 0 Å². The van der Waals surface area contributed by atoms with Crippen LogP contribution in [0.3, 0.4) is 0 Å². The maximum atomic E-state index is 12.4. The van der Waals surface area contributed by atoms with E-state index in [1.807, 2.05) is 0 Å². The number of rotatable bonds is 6. The molecular formula is C12H27N3O2S. The fourth-order valence-electron chi connectivity index (χ4n) is 2.27. The Morgan fingerprint density at radius 1 is 1.22 bits per heavy atom. The van der Waals surface area contributed by atoms with Crippen LogP contribution in [0.2, 0.25) is 0 Å². The van der Waals surface area contributed by atoms with Gasteiger partial charge in [-0.1, -0.05) is 13.3 Å². The summed E-state index contributed by atoms with van der Waals surface area (Å²) in [6.07, 6.45) is 4.82. The third kappa shape index (κ3) is 4.19. The summed E-state index contributed by atoms with van der Waals surface area (Å²) in [5, 5.41) is 3.31. The first-order valence-electron chi connectivity index (χ1n) is 6.90. The summed E-state index contributed by atoms with van der Waals surface area (Å²) in [5.41, 5.74) is 0. The molecule has 0 aromatic heterocycles. The number of nitrogens with one attached hydrogen (secondary N) is 1. The molecule has 1 aliphatic heterocycles. The Morgan fingerprint density at radius 3 is 2.61 bits per heavy atom. The van der Waals surface area contributed by atoms with Crippen LogP contribution in [0.25, 0.3) is 0 Å². The zero-order chi connectivity index (χ0) is 13.6. The molecule has 0 aliphatic carbocycles. The SMILES string of the molecule is CCCCN(C)S(=O)(=O)N(C)C1CCCNCC1. The van der Waals surface area contributed by atoms with Gasteiger partial charge >= 0.3 is 0 Å². The highest BCUT2D eigenvalue weighted by atomic mass is 32.2. The third-order valence-electron chi connectivity index (χ3n) is 3.64. The summed E-state index contributed by atoms with van der Waals surface area (Å²) in [5.74, 6) is 0. The molecule has 0 amide bonds. The summed E-state index contributed by atoms with van der Waals surface area (Å²) < 4.78 is 27.8. The second-order valence-corrected chi connectivity index (χ2v) is 7.13. The molecule has 0 aromatic rings. The van der Waals surface area contributed by atoms with Crippen molar-refractivity contribution >= 4 is 10.2 Å². The lowest BCUT2D eigenvalue weighted by Crippen LogP contribution is -2.45. The summed E-state index contributed by atoms with van der Waals surface area (Å²) in [4.78, 5) is 0. The molecule has 0 spiro atoms. The van der Waals surface area contributed by atoms with Crippen molar-refractivity contribution < 1.29 is 8.42 Å². The van der Waals surface area contributed by atoms with Crippen LogP contribution in [0.5, 0.6) is 0 Å². The number of unbranched alkanes of at least 4 members (excludes halogenated alkanes) is 1. The van der Waals surface area contributed by atoms with Gasteiger partial charge in [0, 0.05) is 26.7 Å². The molecule has 1 fully saturated rings. The Bertz CT molecular complexity index is 324. The third-order valence-corrected chi connectivity index (χ3v) is 5.64. The summed E-state index contributed by atoms with van der Waals surface area (Å²) in [6, 6.07) is 0.133. The molecule has 1 unspecified atom stereocenters. The minimum atomic E-state index is -3.29. The predicted molar refractivity (Wildman–Crippen MR) is 74.7 cm³/mol. The smallest absolute Gasteiger partial charge is 0.281 e. The molecule has 0 aromatic carbocycles. The second kappa shape index (κ2) is 7.43. The van der Waals surface area contributed by atoms with Crippen LogP contribution in [-0.2, 0) is 10.2 Å². The lowest BCUT2D eigenvalue weighted by Gasteiger charge is -2.30. The van der Waals surface area contributed by atoms with E-state index in [2.05, 4.69) is 12.2 Å². The van der Waals surface area contributed by atoms with E-state index in [4.69, 9.17) is 0 Å². The van der Waals surface area contributed by atoms with Crippen LogP contribution in [0.15, 0.2) is 0 Å². The van der Waals surface area contributed by atoms with Crippen molar-refractivity contribution in [3.63, 3.8) is 0 Å². The van der Waals surface area contributed by atoms with Crippen LogP contribution in [0.4, 0.5) is 0 Å². The quantitative estimate of drug-likeness (QED) is 0.789. The van der Waals surface area contributed by atoms with Gasteiger partial charge in [-0.15, -0.1) is 0 Å². The lowest BCUT2D eigenvalue weighted by molar-refractivity contribution is 0.310. The van der Waals surface area contributed by atoms with Crippen molar-refractivity contribution in [3.8, 4) is 0 Å². The van der Waals surface area contributed by atoms with E-state index in [1.54, 1.807) is 18.4 Å². The molecule has 1 heterocycles. The van der Waals surface area contributed by atoms with E-state index < -0.39 is 10.2 Å². The molecule has 5 nitrogen and oxygen atoms in total. The Balaban J connectivity index is 2.64. The van der Waals surface area contributed by atoms with Crippen molar-refractivity contribution in [1.82, 2.24) is 13.9 Å². The highest BCUT2D eigenvalue weighted by Crippen LogP contribution is 2.17. The Morgan fingerprint density at radius 2 is 1.94 bits per heavy atom. The van der Waals surface area contributed by atoms with Gasteiger partial charge in [0.05, 0.1) is 0 Å². The van der Waals surface area contributed by atoms with Crippen LogP contribution in [0, 0.1) is 0 Å².